The average Bonchev–Trinajstić information content (AvgIpc) is 2.99. The van der Waals surface area contributed by atoms with Gasteiger partial charge in [-0.15, -0.1) is 0 Å². The van der Waals surface area contributed by atoms with E-state index in [1.54, 1.807) is 19.5 Å². The Morgan fingerprint density at radius 2 is 1.78 bits per heavy atom. The predicted octanol–water partition coefficient (Wildman–Crippen LogP) is 3.13. The summed E-state index contributed by atoms with van der Waals surface area (Å²) in [7, 11) is 0.942. The van der Waals surface area contributed by atoms with Crippen molar-refractivity contribution in [2.75, 3.05) is 7.11 Å². The quantitative estimate of drug-likeness (QED) is 0.753. The fraction of sp³-hybridized carbons (Fsp3) is 0.579. The number of rotatable bonds is 2. The topological polar surface area (TPSA) is 71.8 Å². The van der Waals surface area contributed by atoms with Crippen molar-refractivity contribution < 1.29 is 23.6 Å². The van der Waals surface area contributed by atoms with Crippen LogP contribution in [0.4, 0.5) is 4.79 Å². The molecule has 0 radical (unpaired) electrons. The molecule has 0 amide bonds. The lowest BCUT2D eigenvalue weighted by atomic mass is 9.79. The highest BCUT2D eigenvalue weighted by molar-refractivity contribution is 6.65. The van der Waals surface area contributed by atoms with Gasteiger partial charge < -0.3 is 18.8 Å². The van der Waals surface area contributed by atoms with Crippen molar-refractivity contribution in [1.82, 2.24) is 9.55 Å². The molecule has 1 aliphatic heterocycles. The van der Waals surface area contributed by atoms with E-state index in [0.29, 0.717) is 16.9 Å². The number of methoxy groups -OCH3 is 1. The molecule has 0 atom stereocenters. The molecule has 1 saturated heterocycles. The third-order valence-corrected chi connectivity index (χ3v) is 4.98. The lowest BCUT2D eigenvalue weighted by Gasteiger charge is -2.32. The van der Waals surface area contributed by atoms with Crippen LogP contribution in [0.2, 0.25) is 0 Å². The van der Waals surface area contributed by atoms with Crippen LogP contribution in [0.3, 0.4) is 0 Å². The summed E-state index contributed by atoms with van der Waals surface area (Å²) in [4.78, 5) is 17.1. The van der Waals surface area contributed by atoms with E-state index in [-0.39, 0.29) is 0 Å². The van der Waals surface area contributed by atoms with Crippen LogP contribution < -0.4 is 10.2 Å². The molecule has 0 aromatic carbocycles. The smallest absolute Gasteiger partial charge is 0.495 e. The summed E-state index contributed by atoms with van der Waals surface area (Å²) in [6.07, 6.45) is 2.73. The summed E-state index contributed by atoms with van der Waals surface area (Å²) < 4.78 is 24.5. The van der Waals surface area contributed by atoms with Crippen molar-refractivity contribution in [2.45, 2.75) is 65.3 Å². The fourth-order valence-corrected chi connectivity index (χ4v) is 2.83. The third-order valence-electron chi connectivity index (χ3n) is 4.98. The van der Waals surface area contributed by atoms with Crippen molar-refractivity contribution in [3.8, 4) is 5.75 Å². The van der Waals surface area contributed by atoms with Gasteiger partial charge in [0, 0.05) is 17.0 Å². The SMILES string of the molecule is COc1cnc2c(c1)c(B1OC(C)(C)C(C)(C)O1)cn2C(=O)OC(C)(C)C. The molecule has 146 valence electrons. The molecule has 2 aromatic heterocycles. The Kier molecular flexibility index (Phi) is 4.55. The standard InChI is InChI=1S/C19H27BN2O5/c1-17(2,3)25-16(23)22-11-14(13-9-12(24-8)10-21-15(13)22)20-26-18(4,5)19(6,7)27-20/h9-11H,1-8H3. The van der Waals surface area contributed by atoms with Gasteiger partial charge in [0.15, 0.2) is 0 Å². The lowest BCUT2D eigenvalue weighted by molar-refractivity contribution is 0.00578. The number of nitrogens with zero attached hydrogens (tertiary/aromatic N) is 2. The molecular weight excluding hydrogens is 347 g/mol. The van der Waals surface area contributed by atoms with Crippen LogP contribution >= 0.6 is 0 Å². The zero-order valence-electron chi connectivity index (χ0n) is 17.2. The van der Waals surface area contributed by atoms with Gasteiger partial charge in [-0.05, 0) is 54.5 Å². The minimum absolute atomic E-state index is 0.467. The molecule has 0 saturated carbocycles. The van der Waals surface area contributed by atoms with E-state index in [2.05, 4.69) is 4.98 Å². The summed E-state index contributed by atoms with van der Waals surface area (Å²) in [6.45, 7) is 13.4. The maximum Gasteiger partial charge on any atom is 0.497 e. The Hall–Kier alpha value is -2.06. The first-order chi connectivity index (χ1) is 12.3. The molecule has 1 fully saturated rings. The molecule has 27 heavy (non-hydrogen) atoms. The Labute approximate surface area is 160 Å². The number of hydrogen-bond acceptors (Lipinski definition) is 6. The number of ether oxygens (including phenoxy) is 2. The minimum atomic E-state index is -0.630. The molecule has 0 bridgehead atoms. The van der Waals surface area contributed by atoms with Gasteiger partial charge >= 0.3 is 13.2 Å². The lowest BCUT2D eigenvalue weighted by Crippen LogP contribution is -2.41. The number of fused-ring (bicyclic) bond motifs is 1. The van der Waals surface area contributed by atoms with Crippen LogP contribution in [-0.2, 0) is 14.0 Å². The van der Waals surface area contributed by atoms with E-state index in [0.717, 1.165) is 5.39 Å². The van der Waals surface area contributed by atoms with Crippen molar-refractivity contribution in [2.24, 2.45) is 0 Å². The summed E-state index contributed by atoms with van der Waals surface area (Å²) in [5.41, 5.74) is -0.435. The van der Waals surface area contributed by atoms with Crippen LogP contribution in [0.15, 0.2) is 18.5 Å². The van der Waals surface area contributed by atoms with E-state index in [4.69, 9.17) is 18.8 Å². The van der Waals surface area contributed by atoms with E-state index in [1.165, 1.54) is 4.57 Å². The second-order valence-corrected chi connectivity index (χ2v) is 8.77. The number of aromatic nitrogens is 2. The summed E-state index contributed by atoms with van der Waals surface area (Å²) in [5, 5.41) is 0.721. The van der Waals surface area contributed by atoms with Crippen LogP contribution in [0.25, 0.3) is 11.0 Å². The molecule has 3 heterocycles. The molecule has 3 rings (SSSR count). The first-order valence-corrected chi connectivity index (χ1v) is 8.98. The summed E-state index contributed by atoms with van der Waals surface area (Å²) in [5.74, 6) is 0.585. The number of hydrogen-bond donors (Lipinski definition) is 0. The Bertz CT molecular complexity index is 866. The van der Waals surface area contributed by atoms with Gasteiger partial charge in [-0.25, -0.2) is 14.3 Å². The van der Waals surface area contributed by atoms with Gasteiger partial charge in [0.1, 0.15) is 17.0 Å². The maximum absolute atomic E-state index is 12.7. The average molecular weight is 374 g/mol. The number of carbonyl (C=O) groups is 1. The fourth-order valence-electron chi connectivity index (χ4n) is 2.83. The second-order valence-electron chi connectivity index (χ2n) is 8.77. The Morgan fingerprint density at radius 1 is 1.19 bits per heavy atom. The van der Waals surface area contributed by atoms with Gasteiger partial charge in [-0.2, -0.15) is 0 Å². The van der Waals surface area contributed by atoms with E-state index < -0.39 is 30.0 Å². The number of carbonyl (C=O) groups excluding carboxylic acids is 1. The first-order valence-electron chi connectivity index (χ1n) is 8.98. The minimum Gasteiger partial charge on any atom is -0.495 e. The monoisotopic (exact) mass is 374 g/mol. The van der Waals surface area contributed by atoms with Crippen molar-refractivity contribution >= 4 is 29.7 Å². The second kappa shape index (κ2) is 6.24. The molecular formula is C19H27BN2O5. The van der Waals surface area contributed by atoms with E-state index in [9.17, 15) is 4.79 Å². The molecule has 7 nitrogen and oxygen atoms in total. The van der Waals surface area contributed by atoms with Crippen LogP contribution in [0.1, 0.15) is 48.5 Å². The van der Waals surface area contributed by atoms with Crippen molar-refractivity contribution in [3.05, 3.63) is 18.5 Å². The molecule has 0 spiro atoms. The highest BCUT2D eigenvalue weighted by Gasteiger charge is 2.52. The van der Waals surface area contributed by atoms with Gasteiger partial charge in [0.2, 0.25) is 0 Å². The van der Waals surface area contributed by atoms with Gasteiger partial charge in [-0.3, -0.25) is 0 Å². The van der Waals surface area contributed by atoms with Crippen LogP contribution in [-0.4, -0.2) is 46.7 Å². The van der Waals surface area contributed by atoms with E-state index in [1.807, 2.05) is 54.5 Å². The zero-order chi connectivity index (χ0) is 20.2. The molecule has 0 aliphatic carbocycles. The van der Waals surface area contributed by atoms with Gasteiger partial charge in [0.25, 0.3) is 0 Å². The molecule has 0 N–H and O–H groups in total. The van der Waals surface area contributed by atoms with E-state index >= 15 is 0 Å². The van der Waals surface area contributed by atoms with Crippen LogP contribution in [0, 0.1) is 0 Å². The summed E-state index contributed by atoms with van der Waals surface area (Å²) in [6, 6.07) is 1.82. The number of pyridine rings is 1. The molecule has 1 aliphatic rings. The highest BCUT2D eigenvalue weighted by atomic mass is 16.7. The summed E-state index contributed by atoms with van der Waals surface area (Å²) >= 11 is 0. The van der Waals surface area contributed by atoms with Crippen molar-refractivity contribution in [1.29, 1.82) is 0 Å². The Balaban J connectivity index is 2.11. The van der Waals surface area contributed by atoms with Gasteiger partial charge in [-0.1, -0.05) is 0 Å². The van der Waals surface area contributed by atoms with Crippen molar-refractivity contribution in [3.63, 3.8) is 0 Å². The zero-order valence-corrected chi connectivity index (χ0v) is 17.2. The molecule has 0 unspecified atom stereocenters. The third kappa shape index (κ3) is 3.56. The first kappa shape index (κ1) is 19.7. The predicted molar refractivity (Wildman–Crippen MR) is 104 cm³/mol. The van der Waals surface area contributed by atoms with Crippen LogP contribution in [0.5, 0.6) is 5.75 Å². The highest BCUT2D eigenvalue weighted by Crippen LogP contribution is 2.37. The normalized spacial score (nSPS) is 18.7. The molecule has 2 aromatic rings. The van der Waals surface area contributed by atoms with Gasteiger partial charge in [0.05, 0.1) is 24.5 Å². The largest absolute Gasteiger partial charge is 0.497 e. The maximum atomic E-state index is 12.7. The molecule has 8 heteroatoms. The Morgan fingerprint density at radius 3 is 2.30 bits per heavy atom.